The Hall–Kier alpha value is -1.06. The van der Waals surface area contributed by atoms with E-state index in [1.54, 1.807) is 0 Å². The first-order valence-electron chi connectivity index (χ1n) is 7.14. The first kappa shape index (κ1) is 17.0. The van der Waals surface area contributed by atoms with Gasteiger partial charge in [0.1, 0.15) is 0 Å². The van der Waals surface area contributed by atoms with Crippen LogP contribution in [0.2, 0.25) is 0 Å². The fourth-order valence-corrected chi connectivity index (χ4v) is 2.76. The van der Waals surface area contributed by atoms with Crippen LogP contribution in [-0.2, 0) is 4.79 Å². The monoisotopic (exact) mass is 296 g/mol. The second-order valence-corrected chi connectivity index (χ2v) is 5.77. The molecule has 2 atom stereocenters. The molecule has 2 N–H and O–H groups in total. The van der Waals surface area contributed by atoms with Crippen LogP contribution in [0.15, 0.2) is 24.3 Å². The molecule has 0 saturated carbocycles. The molecule has 4 heteroatoms. The molecule has 112 valence electrons. The van der Waals surface area contributed by atoms with E-state index in [1.807, 2.05) is 26.0 Å². The number of piperidine rings is 1. The Morgan fingerprint density at radius 1 is 1.35 bits per heavy atom. The molecule has 2 rings (SSSR count). The van der Waals surface area contributed by atoms with Crippen LogP contribution in [0.5, 0.6) is 0 Å². The molecule has 3 nitrogen and oxygen atoms in total. The summed E-state index contributed by atoms with van der Waals surface area (Å²) in [5.74, 6) is 0.114. The second kappa shape index (κ2) is 7.09. The summed E-state index contributed by atoms with van der Waals surface area (Å²) in [6, 6.07) is 8.26. The summed E-state index contributed by atoms with van der Waals surface area (Å²) in [4.78, 5) is 12.4. The lowest BCUT2D eigenvalue weighted by molar-refractivity contribution is -0.128. The Kier molecular flexibility index (Phi) is 6.03. The Labute approximate surface area is 127 Å². The van der Waals surface area contributed by atoms with Gasteiger partial charge in [-0.2, -0.15) is 0 Å². The minimum absolute atomic E-state index is 0. The second-order valence-electron chi connectivity index (χ2n) is 5.77. The van der Waals surface area contributed by atoms with E-state index >= 15 is 0 Å². The maximum absolute atomic E-state index is 12.4. The first-order valence-corrected chi connectivity index (χ1v) is 7.14. The van der Waals surface area contributed by atoms with Gasteiger partial charge in [-0.3, -0.25) is 4.79 Å². The number of aryl methyl sites for hydroxylation is 1. The average molecular weight is 297 g/mol. The highest BCUT2D eigenvalue weighted by atomic mass is 35.5. The summed E-state index contributed by atoms with van der Waals surface area (Å²) in [6.07, 6.45) is 3.20. The largest absolute Gasteiger partial charge is 0.348 e. The first-order chi connectivity index (χ1) is 9.03. The van der Waals surface area contributed by atoms with Crippen LogP contribution in [0.3, 0.4) is 0 Å². The number of carbonyl (C=O) groups excluding carboxylic acids is 1. The van der Waals surface area contributed by atoms with Crippen molar-refractivity contribution >= 4 is 18.3 Å². The summed E-state index contributed by atoms with van der Waals surface area (Å²) in [5.41, 5.74) is 2.00. The molecule has 1 heterocycles. The highest BCUT2D eigenvalue weighted by Gasteiger charge is 2.34. The molecule has 0 aliphatic carbocycles. The van der Waals surface area contributed by atoms with Crippen LogP contribution >= 0.6 is 12.4 Å². The Morgan fingerprint density at radius 2 is 2.05 bits per heavy atom. The van der Waals surface area contributed by atoms with Crippen molar-refractivity contribution in [3.63, 3.8) is 0 Å². The highest BCUT2D eigenvalue weighted by Crippen LogP contribution is 2.22. The Morgan fingerprint density at radius 3 is 2.65 bits per heavy atom. The molecule has 1 aromatic carbocycles. The molecule has 0 aromatic heterocycles. The minimum Gasteiger partial charge on any atom is -0.348 e. The Bertz CT molecular complexity index is 456. The van der Waals surface area contributed by atoms with E-state index in [0.717, 1.165) is 25.8 Å². The van der Waals surface area contributed by atoms with E-state index in [1.165, 1.54) is 11.1 Å². The number of carbonyl (C=O) groups is 1. The van der Waals surface area contributed by atoms with Gasteiger partial charge in [-0.15, -0.1) is 12.4 Å². The van der Waals surface area contributed by atoms with Crippen molar-refractivity contribution in [3.05, 3.63) is 35.4 Å². The number of nitrogens with one attached hydrogen (secondary N) is 2. The molecule has 1 aromatic rings. The summed E-state index contributed by atoms with van der Waals surface area (Å²) >= 11 is 0. The van der Waals surface area contributed by atoms with Gasteiger partial charge in [0.2, 0.25) is 5.91 Å². The molecular weight excluding hydrogens is 272 g/mol. The van der Waals surface area contributed by atoms with Crippen LogP contribution in [0.1, 0.15) is 50.3 Å². The number of benzene rings is 1. The normalized spacial score (nSPS) is 23.6. The molecule has 1 fully saturated rings. The van der Waals surface area contributed by atoms with Gasteiger partial charge in [0, 0.05) is 0 Å². The summed E-state index contributed by atoms with van der Waals surface area (Å²) in [7, 11) is 0. The SMILES string of the molecule is Cc1ccccc1C(C)NC(=O)C1(C)CCCCN1.Cl. The number of amides is 1. The third-order valence-electron chi connectivity index (χ3n) is 4.12. The smallest absolute Gasteiger partial charge is 0.240 e. The molecule has 1 aliphatic heterocycles. The summed E-state index contributed by atoms with van der Waals surface area (Å²) in [6.45, 7) is 7.07. The van der Waals surface area contributed by atoms with Crippen molar-refractivity contribution in [1.82, 2.24) is 10.6 Å². The van der Waals surface area contributed by atoms with Crippen LogP contribution in [0.4, 0.5) is 0 Å². The van der Waals surface area contributed by atoms with Gasteiger partial charge < -0.3 is 10.6 Å². The lowest BCUT2D eigenvalue weighted by atomic mass is 9.89. The minimum atomic E-state index is -0.408. The molecular formula is C16H25ClN2O. The predicted molar refractivity (Wildman–Crippen MR) is 85.2 cm³/mol. The predicted octanol–water partition coefficient (Wildman–Crippen LogP) is 3.13. The number of hydrogen-bond acceptors (Lipinski definition) is 2. The van der Waals surface area contributed by atoms with Crippen LogP contribution in [-0.4, -0.2) is 18.0 Å². The lowest BCUT2D eigenvalue weighted by Gasteiger charge is -2.34. The highest BCUT2D eigenvalue weighted by molar-refractivity contribution is 5.86. The van der Waals surface area contributed by atoms with Gasteiger partial charge in [-0.25, -0.2) is 0 Å². The summed E-state index contributed by atoms with van der Waals surface area (Å²) < 4.78 is 0. The van der Waals surface area contributed by atoms with Crippen molar-refractivity contribution in [1.29, 1.82) is 0 Å². The van der Waals surface area contributed by atoms with Gasteiger partial charge in [-0.1, -0.05) is 24.3 Å². The summed E-state index contributed by atoms with van der Waals surface area (Å²) in [5, 5.41) is 6.50. The molecule has 0 bridgehead atoms. The van der Waals surface area contributed by atoms with Crippen LogP contribution in [0, 0.1) is 6.92 Å². The lowest BCUT2D eigenvalue weighted by Crippen LogP contribution is -2.57. The zero-order chi connectivity index (χ0) is 13.9. The molecule has 0 spiro atoms. The molecule has 1 aliphatic rings. The molecule has 2 unspecified atom stereocenters. The van der Waals surface area contributed by atoms with Crippen LogP contribution < -0.4 is 10.6 Å². The van der Waals surface area contributed by atoms with Gasteiger partial charge in [0.15, 0.2) is 0 Å². The van der Waals surface area contributed by atoms with Gasteiger partial charge in [0.25, 0.3) is 0 Å². The van der Waals surface area contributed by atoms with Crippen molar-refractivity contribution in [2.75, 3.05) is 6.54 Å². The van der Waals surface area contributed by atoms with Gasteiger partial charge >= 0.3 is 0 Å². The van der Waals surface area contributed by atoms with Crippen molar-refractivity contribution in [2.45, 2.75) is 51.6 Å². The quantitative estimate of drug-likeness (QED) is 0.900. The average Bonchev–Trinajstić information content (AvgIpc) is 2.40. The maximum atomic E-state index is 12.4. The molecule has 0 radical (unpaired) electrons. The van der Waals surface area contributed by atoms with Crippen molar-refractivity contribution in [2.24, 2.45) is 0 Å². The van der Waals surface area contributed by atoms with Crippen molar-refractivity contribution < 1.29 is 4.79 Å². The zero-order valence-corrected chi connectivity index (χ0v) is 13.3. The number of hydrogen-bond donors (Lipinski definition) is 2. The number of halogens is 1. The van der Waals surface area contributed by atoms with Crippen molar-refractivity contribution in [3.8, 4) is 0 Å². The molecule has 20 heavy (non-hydrogen) atoms. The van der Waals surface area contributed by atoms with Gasteiger partial charge in [-0.05, 0) is 57.7 Å². The van der Waals surface area contributed by atoms with E-state index in [9.17, 15) is 4.79 Å². The fourth-order valence-electron chi connectivity index (χ4n) is 2.76. The topological polar surface area (TPSA) is 41.1 Å². The Balaban J connectivity index is 0.00000200. The zero-order valence-electron chi connectivity index (χ0n) is 12.5. The standard InChI is InChI=1S/C16H24N2O.ClH/c1-12-8-4-5-9-14(12)13(2)18-15(19)16(3)10-6-7-11-17-16;/h4-5,8-9,13,17H,6-7,10-11H2,1-3H3,(H,18,19);1H. The third-order valence-corrected chi connectivity index (χ3v) is 4.12. The van der Waals surface area contributed by atoms with E-state index in [-0.39, 0.29) is 24.4 Å². The number of rotatable bonds is 3. The van der Waals surface area contributed by atoms with Gasteiger partial charge in [0.05, 0.1) is 11.6 Å². The van der Waals surface area contributed by atoms with E-state index < -0.39 is 5.54 Å². The van der Waals surface area contributed by atoms with E-state index in [0.29, 0.717) is 0 Å². The van der Waals surface area contributed by atoms with E-state index in [2.05, 4.69) is 29.7 Å². The molecule has 1 amide bonds. The maximum Gasteiger partial charge on any atom is 0.240 e. The third kappa shape index (κ3) is 3.74. The fraction of sp³-hybridized carbons (Fsp3) is 0.562. The van der Waals surface area contributed by atoms with E-state index in [4.69, 9.17) is 0 Å². The van der Waals surface area contributed by atoms with Crippen LogP contribution in [0.25, 0.3) is 0 Å². The molecule has 1 saturated heterocycles.